The highest BCUT2D eigenvalue weighted by molar-refractivity contribution is 7.89. The molecule has 1 fully saturated rings. The molecule has 0 aromatic carbocycles. The quantitative estimate of drug-likeness (QED) is 0.732. The predicted octanol–water partition coefficient (Wildman–Crippen LogP) is 1.33. The van der Waals surface area contributed by atoms with Gasteiger partial charge < -0.3 is 10.5 Å². The van der Waals surface area contributed by atoms with Crippen molar-refractivity contribution in [1.82, 2.24) is 4.31 Å². The van der Waals surface area contributed by atoms with Crippen molar-refractivity contribution in [3.8, 4) is 0 Å². The molecular formula is C13H28N2O3S. The van der Waals surface area contributed by atoms with E-state index in [1.165, 1.54) is 0 Å². The van der Waals surface area contributed by atoms with Crippen molar-refractivity contribution in [3.05, 3.63) is 0 Å². The van der Waals surface area contributed by atoms with E-state index < -0.39 is 15.6 Å². The van der Waals surface area contributed by atoms with Gasteiger partial charge in [0.15, 0.2) is 0 Å². The van der Waals surface area contributed by atoms with Gasteiger partial charge in [0, 0.05) is 25.2 Å². The van der Waals surface area contributed by atoms with E-state index in [-0.39, 0.29) is 11.9 Å². The molecule has 1 rings (SSSR count). The second-order valence-electron chi connectivity index (χ2n) is 5.54. The summed E-state index contributed by atoms with van der Waals surface area (Å²) in [5.41, 5.74) is 5.32. The fourth-order valence-corrected chi connectivity index (χ4v) is 4.72. The van der Waals surface area contributed by atoms with E-state index in [1.807, 2.05) is 20.8 Å². The van der Waals surface area contributed by atoms with Gasteiger partial charge in [-0.25, -0.2) is 8.42 Å². The van der Waals surface area contributed by atoms with Gasteiger partial charge in [0.25, 0.3) is 0 Å². The Morgan fingerprint density at radius 3 is 2.53 bits per heavy atom. The van der Waals surface area contributed by atoms with E-state index >= 15 is 0 Å². The molecular weight excluding hydrogens is 264 g/mol. The number of ether oxygens (including phenoxy) is 1. The second-order valence-corrected chi connectivity index (χ2v) is 7.48. The van der Waals surface area contributed by atoms with Gasteiger partial charge in [-0.1, -0.05) is 13.8 Å². The number of nitrogens with zero attached hydrogens (tertiary/aromatic N) is 1. The Hall–Kier alpha value is -0.170. The zero-order valence-corrected chi connectivity index (χ0v) is 13.2. The SMILES string of the molecule is CCCN(C(C)(CC)CN)S(=O)(=O)CC1CCCO1. The maximum Gasteiger partial charge on any atom is 0.217 e. The van der Waals surface area contributed by atoms with Gasteiger partial charge in [0.05, 0.1) is 11.9 Å². The van der Waals surface area contributed by atoms with Crippen LogP contribution in [-0.4, -0.2) is 49.8 Å². The Kier molecular flexibility index (Phi) is 6.23. The minimum Gasteiger partial charge on any atom is -0.377 e. The van der Waals surface area contributed by atoms with Crippen molar-refractivity contribution >= 4 is 10.0 Å². The van der Waals surface area contributed by atoms with Crippen LogP contribution in [0.15, 0.2) is 0 Å². The summed E-state index contributed by atoms with van der Waals surface area (Å²) in [5.74, 6) is 0.0859. The van der Waals surface area contributed by atoms with Crippen LogP contribution in [-0.2, 0) is 14.8 Å². The van der Waals surface area contributed by atoms with Crippen molar-refractivity contribution in [2.24, 2.45) is 5.73 Å². The molecule has 1 saturated heterocycles. The normalized spacial score (nSPS) is 23.7. The van der Waals surface area contributed by atoms with Crippen LogP contribution in [0.4, 0.5) is 0 Å². The summed E-state index contributed by atoms with van der Waals surface area (Å²) in [5, 5.41) is 0. The third-order valence-electron chi connectivity index (χ3n) is 3.99. The van der Waals surface area contributed by atoms with E-state index in [9.17, 15) is 8.42 Å². The molecule has 1 heterocycles. The first-order valence-electron chi connectivity index (χ1n) is 7.21. The topological polar surface area (TPSA) is 72.6 Å². The molecule has 0 aromatic heterocycles. The highest BCUT2D eigenvalue weighted by Gasteiger charge is 2.38. The first kappa shape index (κ1) is 16.9. The smallest absolute Gasteiger partial charge is 0.217 e. The Bertz CT molecular complexity index is 360. The van der Waals surface area contributed by atoms with Crippen LogP contribution < -0.4 is 5.73 Å². The lowest BCUT2D eigenvalue weighted by atomic mass is 9.99. The minimum absolute atomic E-state index is 0.0859. The summed E-state index contributed by atoms with van der Waals surface area (Å²) in [6.45, 7) is 7.44. The van der Waals surface area contributed by atoms with Crippen LogP contribution in [0.3, 0.4) is 0 Å². The molecule has 0 aromatic rings. The zero-order valence-electron chi connectivity index (χ0n) is 12.4. The summed E-state index contributed by atoms with van der Waals surface area (Å²) in [6, 6.07) is 0. The number of nitrogens with two attached hydrogens (primary N) is 1. The summed E-state index contributed by atoms with van der Waals surface area (Å²) >= 11 is 0. The molecule has 0 amide bonds. The fourth-order valence-electron chi connectivity index (χ4n) is 2.47. The van der Waals surface area contributed by atoms with E-state index in [0.29, 0.717) is 26.1 Å². The Morgan fingerprint density at radius 1 is 1.42 bits per heavy atom. The molecule has 5 nitrogen and oxygen atoms in total. The minimum atomic E-state index is -3.32. The van der Waals surface area contributed by atoms with Crippen molar-refractivity contribution < 1.29 is 13.2 Å². The van der Waals surface area contributed by atoms with Gasteiger partial charge in [-0.05, 0) is 32.6 Å². The van der Waals surface area contributed by atoms with Gasteiger partial charge in [-0.3, -0.25) is 0 Å². The van der Waals surface area contributed by atoms with Crippen LogP contribution >= 0.6 is 0 Å². The standard InChI is InChI=1S/C13H28N2O3S/c1-4-8-15(13(3,5-2)11-14)19(16,17)10-12-7-6-9-18-12/h12H,4-11,14H2,1-3H3. The van der Waals surface area contributed by atoms with Gasteiger partial charge in [0.1, 0.15) is 0 Å². The van der Waals surface area contributed by atoms with Crippen LogP contribution in [0.1, 0.15) is 46.5 Å². The number of hydrogen-bond donors (Lipinski definition) is 1. The lowest BCUT2D eigenvalue weighted by Crippen LogP contribution is -2.55. The maximum absolute atomic E-state index is 12.6. The Labute approximate surface area is 117 Å². The molecule has 2 N–H and O–H groups in total. The van der Waals surface area contributed by atoms with Crippen molar-refractivity contribution in [3.63, 3.8) is 0 Å². The lowest BCUT2D eigenvalue weighted by molar-refractivity contribution is 0.124. The highest BCUT2D eigenvalue weighted by Crippen LogP contribution is 2.25. The van der Waals surface area contributed by atoms with Crippen molar-refractivity contribution in [1.29, 1.82) is 0 Å². The highest BCUT2D eigenvalue weighted by atomic mass is 32.2. The van der Waals surface area contributed by atoms with Crippen LogP contribution in [0, 0.1) is 0 Å². The molecule has 0 radical (unpaired) electrons. The second kappa shape index (κ2) is 7.02. The summed E-state index contributed by atoms with van der Waals surface area (Å²) < 4.78 is 32.3. The summed E-state index contributed by atoms with van der Waals surface area (Å²) in [6.07, 6.45) is 3.15. The first-order valence-corrected chi connectivity index (χ1v) is 8.82. The van der Waals surface area contributed by atoms with E-state index in [0.717, 1.165) is 19.3 Å². The van der Waals surface area contributed by atoms with Crippen LogP contribution in [0.25, 0.3) is 0 Å². The molecule has 0 saturated carbocycles. The van der Waals surface area contributed by atoms with Crippen LogP contribution in [0.5, 0.6) is 0 Å². The number of sulfonamides is 1. The molecule has 19 heavy (non-hydrogen) atoms. The molecule has 114 valence electrons. The average Bonchev–Trinajstić information content (AvgIpc) is 2.87. The largest absolute Gasteiger partial charge is 0.377 e. The summed E-state index contributed by atoms with van der Waals surface area (Å²) in [4.78, 5) is 0. The molecule has 6 heteroatoms. The molecule has 0 spiro atoms. The molecule has 1 aliphatic heterocycles. The predicted molar refractivity (Wildman–Crippen MR) is 77.5 cm³/mol. The van der Waals surface area contributed by atoms with Gasteiger partial charge in [-0.15, -0.1) is 0 Å². The summed E-state index contributed by atoms with van der Waals surface area (Å²) in [7, 11) is -3.32. The Morgan fingerprint density at radius 2 is 2.11 bits per heavy atom. The van der Waals surface area contributed by atoms with Crippen molar-refractivity contribution in [2.45, 2.75) is 58.1 Å². The van der Waals surface area contributed by atoms with Crippen LogP contribution in [0.2, 0.25) is 0 Å². The van der Waals surface area contributed by atoms with Gasteiger partial charge >= 0.3 is 0 Å². The zero-order chi connectivity index (χ0) is 14.5. The molecule has 2 atom stereocenters. The number of rotatable bonds is 8. The number of hydrogen-bond acceptors (Lipinski definition) is 4. The fraction of sp³-hybridized carbons (Fsp3) is 1.00. The molecule has 1 aliphatic rings. The van der Waals surface area contributed by atoms with E-state index in [4.69, 9.17) is 10.5 Å². The van der Waals surface area contributed by atoms with Crippen molar-refractivity contribution in [2.75, 3.05) is 25.4 Å². The maximum atomic E-state index is 12.6. The van der Waals surface area contributed by atoms with Gasteiger partial charge in [0.2, 0.25) is 10.0 Å². The van der Waals surface area contributed by atoms with E-state index in [2.05, 4.69) is 0 Å². The molecule has 2 unspecified atom stereocenters. The third-order valence-corrected chi connectivity index (χ3v) is 6.07. The van der Waals surface area contributed by atoms with E-state index in [1.54, 1.807) is 4.31 Å². The third kappa shape index (κ3) is 4.15. The lowest BCUT2D eigenvalue weighted by Gasteiger charge is -2.39. The first-order chi connectivity index (χ1) is 8.89. The Balaban J connectivity index is 2.89. The average molecular weight is 292 g/mol. The molecule has 0 bridgehead atoms. The monoisotopic (exact) mass is 292 g/mol. The van der Waals surface area contributed by atoms with Gasteiger partial charge in [-0.2, -0.15) is 4.31 Å². The molecule has 0 aliphatic carbocycles.